The highest BCUT2D eigenvalue weighted by Gasteiger charge is 2.53. The van der Waals surface area contributed by atoms with Crippen LogP contribution in [0.2, 0.25) is 0 Å². The van der Waals surface area contributed by atoms with E-state index in [9.17, 15) is 10.4 Å². The molecule has 0 aromatic rings. The van der Waals surface area contributed by atoms with Crippen LogP contribution in [0.1, 0.15) is 58.3 Å². The molecule has 2 nitrogen and oxygen atoms in total. The summed E-state index contributed by atoms with van der Waals surface area (Å²) in [5.74, 6) is 0.607. The van der Waals surface area contributed by atoms with Crippen molar-refractivity contribution in [3.05, 3.63) is 0 Å². The summed E-state index contributed by atoms with van der Waals surface area (Å²) in [4.78, 5) is 0. The first-order valence-corrected chi connectivity index (χ1v) is 6.26. The largest absolute Gasteiger partial charge is 0.388 e. The number of nitrogens with zero attached hydrogens (tertiary/aromatic N) is 1. The summed E-state index contributed by atoms with van der Waals surface area (Å²) in [5, 5.41) is 20.2. The molecule has 0 aliphatic heterocycles. The van der Waals surface area contributed by atoms with Crippen LogP contribution in [-0.4, -0.2) is 10.7 Å². The Balaban J connectivity index is 2.22. The van der Waals surface area contributed by atoms with E-state index in [-0.39, 0.29) is 0 Å². The van der Waals surface area contributed by atoms with Crippen molar-refractivity contribution in [2.45, 2.75) is 63.9 Å². The molecule has 0 aromatic carbocycles. The fourth-order valence-corrected chi connectivity index (χ4v) is 3.54. The van der Waals surface area contributed by atoms with Crippen LogP contribution < -0.4 is 0 Å². The van der Waals surface area contributed by atoms with Gasteiger partial charge in [-0.05, 0) is 38.0 Å². The first-order chi connectivity index (χ1) is 7.12. The maximum atomic E-state index is 10.7. The van der Waals surface area contributed by atoms with Gasteiger partial charge in [0.25, 0.3) is 0 Å². The average Bonchev–Trinajstić information content (AvgIpc) is 2.63. The zero-order valence-corrected chi connectivity index (χ0v) is 9.63. The van der Waals surface area contributed by atoms with Crippen molar-refractivity contribution < 1.29 is 5.11 Å². The van der Waals surface area contributed by atoms with E-state index in [1.807, 2.05) is 0 Å². The van der Waals surface area contributed by atoms with Crippen LogP contribution >= 0.6 is 0 Å². The van der Waals surface area contributed by atoms with Gasteiger partial charge in [0.05, 0.1) is 17.1 Å². The molecule has 84 valence electrons. The molecular weight excluding hydrogens is 186 g/mol. The van der Waals surface area contributed by atoms with Crippen molar-refractivity contribution in [1.82, 2.24) is 0 Å². The minimum Gasteiger partial charge on any atom is -0.388 e. The van der Waals surface area contributed by atoms with Gasteiger partial charge >= 0.3 is 0 Å². The Hall–Kier alpha value is -0.550. The molecule has 2 atom stereocenters. The zero-order valence-electron chi connectivity index (χ0n) is 9.63. The first kappa shape index (κ1) is 11.0. The second-order valence-corrected chi connectivity index (χ2v) is 5.63. The van der Waals surface area contributed by atoms with Gasteiger partial charge in [-0.1, -0.05) is 26.2 Å². The van der Waals surface area contributed by atoms with E-state index in [1.165, 1.54) is 6.42 Å². The zero-order chi connectivity index (χ0) is 10.9. The van der Waals surface area contributed by atoms with E-state index in [1.54, 1.807) is 0 Å². The monoisotopic (exact) mass is 207 g/mol. The van der Waals surface area contributed by atoms with Gasteiger partial charge in [0.1, 0.15) is 0 Å². The molecule has 2 heteroatoms. The molecule has 2 rings (SSSR count). The molecule has 0 amide bonds. The predicted molar refractivity (Wildman–Crippen MR) is 59.1 cm³/mol. The normalized spacial score (nSPS) is 39.9. The van der Waals surface area contributed by atoms with E-state index >= 15 is 0 Å². The lowest BCUT2D eigenvalue weighted by Crippen LogP contribution is -2.47. The lowest BCUT2D eigenvalue weighted by atomic mass is 9.64. The summed E-state index contributed by atoms with van der Waals surface area (Å²) in [6.07, 6.45) is 8.00. The summed E-state index contributed by atoms with van der Waals surface area (Å²) < 4.78 is 0. The highest BCUT2D eigenvalue weighted by Crippen LogP contribution is 2.53. The number of hydrogen-bond acceptors (Lipinski definition) is 2. The number of rotatable bonds is 1. The number of hydrogen-bond donors (Lipinski definition) is 1. The van der Waals surface area contributed by atoms with Gasteiger partial charge in [-0.25, -0.2) is 0 Å². The van der Waals surface area contributed by atoms with Crippen LogP contribution in [-0.2, 0) is 0 Å². The SMILES string of the molecule is CC1CCC(C#N)(C2(O)CCCCC2)C1. The molecule has 0 bridgehead atoms. The average molecular weight is 207 g/mol. The molecule has 2 fully saturated rings. The van der Waals surface area contributed by atoms with Gasteiger partial charge < -0.3 is 5.11 Å². The van der Waals surface area contributed by atoms with E-state index in [2.05, 4.69) is 13.0 Å². The van der Waals surface area contributed by atoms with E-state index in [0.717, 1.165) is 44.9 Å². The second-order valence-electron chi connectivity index (χ2n) is 5.63. The third-order valence-electron chi connectivity index (χ3n) is 4.55. The van der Waals surface area contributed by atoms with Crippen LogP contribution in [0.5, 0.6) is 0 Å². The highest BCUT2D eigenvalue weighted by atomic mass is 16.3. The van der Waals surface area contributed by atoms with Crippen LogP contribution in [0, 0.1) is 22.7 Å². The molecule has 2 aliphatic carbocycles. The maximum absolute atomic E-state index is 10.7. The smallest absolute Gasteiger partial charge is 0.0862 e. The van der Waals surface area contributed by atoms with Gasteiger partial charge in [0.2, 0.25) is 0 Å². The lowest BCUT2D eigenvalue weighted by Gasteiger charge is -2.43. The summed E-state index contributed by atoms with van der Waals surface area (Å²) in [6.45, 7) is 2.20. The van der Waals surface area contributed by atoms with Gasteiger partial charge in [-0.2, -0.15) is 5.26 Å². The maximum Gasteiger partial charge on any atom is 0.0862 e. The molecular formula is C13H21NO. The Morgan fingerprint density at radius 2 is 1.87 bits per heavy atom. The summed E-state index contributed by atoms with van der Waals surface area (Å²) >= 11 is 0. The quantitative estimate of drug-likeness (QED) is 0.718. The molecule has 0 radical (unpaired) electrons. The highest BCUT2D eigenvalue weighted by molar-refractivity contribution is 5.15. The van der Waals surface area contributed by atoms with Crippen LogP contribution in [0.15, 0.2) is 0 Å². The standard InChI is InChI=1S/C13H21NO/c1-11-5-8-12(9-11,10-14)13(15)6-3-2-4-7-13/h11,15H,2-9H2,1H3. The van der Waals surface area contributed by atoms with Crippen molar-refractivity contribution in [2.24, 2.45) is 11.3 Å². The summed E-state index contributed by atoms with van der Waals surface area (Å²) in [7, 11) is 0. The molecule has 0 spiro atoms. The minimum absolute atomic E-state index is 0.424. The molecule has 2 aliphatic rings. The first-order valence-electron chi connectivity index (χ1n) is 6.26. The Morgan fingerprint density at radius 1 is 1.20 bits per heavy atom. The fraction of sp³-hybridized carbons (Fsp3) is 0.923. The van der Waals surface area contributed by atoms with Gasteiger partial charge in [0, 0.05) is 0 Å². The van der Waals surface area contributed by atoms with Gasteiger partial charge in [-0.3, -0.25) is 0 Å². The summed E-state index contributed by atoms with van der Waals surface area (Å²) in [5.41, 5.74) is -1.10. The Kier molecular flexibility index (Phi) is 2.77. The topological polar surface area (TPSA) is 44.0 Å². The molecule has 2 saturated carbocycles. The van der Waals surface area contributed by atoms with Crippen molar-refractivity contribution in [2.75, 3.05) is 0 Å². The molecule has 2 unspecified atom stereocenters. The molecule has 15 heavy (non-hydrogen) atoms. The molecule has 0 saturated heterocycles. The fourth-order valence-electron chi connectivity index (χ4n) is 3.54. The van der Waals surface area contributed by atoms with Crippen LogP contribution in [0.25, 0.3) is 0 Å². The number of aliphatic hydroxyl groups is 1. The third kappa shape index (κ3) is 1.67. The van der Waals surface area contributed by atoms with Gasteiger partial charge in [-0.15, -0.1) is 0 Å². The predicted octanol–water partition coefficient (Wildman–Crippen LogP) is 3.01. The molecule has 1 N–H and O–H groups in total. The van der Waals surface area contributed by atoms with Gasteiger partial charge in [0.15, 0.2) is 0 Å². The van der Waals surface area contributed by atoms with Crippen molar-refractivity contribution >= 4 is 0 Å². The lowest BCUT2D eigenvalue weighted by molar-refractivity contribution is -0.0813. The van der Waals surface area contributed by atoms with E-state index < -0.39 is 11.0 Å². The van der Waals surface area contributed by atoms with Crippen LogP contribution in [0.4, 0.5) is 0 Å². The van der Waals surface area contributed by atoms with Crippen molar-refractivity contribution in [3.63, 3.8) is 0 Å². The number of nitriles is 1. The van der Waals surface area contributed by atoms with Crippen molar-refractivity contribution in [1.29, 1.82) is 5.26 Å². The molecule has 0 aromatic heterocycles. The van der Waals surface area contributed by atoms with E-state index in [0.29, 0.717) is 5.92 Å². The summed E-state index contributed by atoms with van der Waals surface area (Å²) in [6, 6.07) is 2.47. The Bertz CT molecular complexity index is 275. The van der Waals surface area contributed by atoms with E-state index in [4.69, 9.17) is 0 Å². The van der Waals surface area contributed by atoms with Crippen molar-refractivity contribution in [3.8, 4) is 6.07 Å². The Morgan fingerprint density at radius 3 is 2.33 bits per heavy atom. The minimum atomic E-state index is -0.676. The third-order valence-corrected chi connectivity index (χ3v) is 4.55. The second kappa shape index (κ2) is 3.79. The Labute approximate surface area is 92.3 Å². The molecule has 0 heterocycles. The van der Waals surface area contributed by atoms with Crippen LogP contribution in [0.3, 0.4) is 0 Å².